The Labute approximate surface area is 162 Å². The van der Waals surface area contributed by atoms with Gasteiger partial charge in [0.1, 0.15) is 11.2 Å². The van der Waals surface area contributed by atoms with Crippen molar-refractivity contribution >= 4 is 11.9 Å². The first kappa shape index (κ1) is 20.0. The first-order valence-electron chi connectivity index (χ1n) is 9.24. The van der Waals surface area contributed by atoms with E-state index in [0.29, 0.717) is 12.1 Å². The number of amides is 1. The second-order valence-electron chi connectivity index (χ2n) is 7.36. The van der Waals surface area contributed by atoms with Crippen molar-refractivity contribution in [1.82, 2.24) is 14.7 Å². The highest BCUT2D eigenvalue weighted by atomic mass is 19.1. The Morgan fingerprint density at radius 2 is 2.14 bits per heavy atom. The van der Waals surface area contributed by atoms with Crippen LogP contribution in [0.4, 0.5) is 4.39 Å². The van der Waals surface area contributed by atoms with Crippen LogP contribution >= 0.6 is 0 Å². The van der Waals surface area contributed by atoms with E-state index in [9.17, 15) is 24.2 Å². The molecule has 0 spiro atoms. The molecule has 2 atom stereocenters. The van der Waals surface area contributed by atoms with Crippen LogP contribution in [0.5, 0.6) is 0 Å². The van der Waals surface area contributed by atoms with Crippen molar-refractivity contribution in [3.63, 3.8) is 0 Å². The van der Waals surface area contributed by atoms with Gasteiger partial charge in [-0.2, -0.15) is 5.10 Å². The summed E-state index contributed by atoms with van der Waals surface area (Å²) in [7, 11) is 0. The molecule has 1 aliphatic rings. The van der Waals surface area contributed by atoms with Crippen molar-refractivity contribution in [2.45, 2.75) is 38.8 Å². The fourth-order valence-corrected chi connectivity index (χ4v) is 3.72. The maximum atomic E-state index is 13.5. The number of rotatable bonds is 6. The summed E-state index contributed by atoms with van der Waals surface area (Å²) in [5, 5.41) is 24.6. The van der Waals surface area contributed by atoms with E-state index < -0.39 is 23.3 Å². The van der Waals surface area contributed by atoms with Crippen LogP contribution in [0.3, 0.4) is 0 Å². The highest BCUT2D eigenvalue weighted by Gasteiger charge is 2.50. The molecule has 1 aromatic carbocycles. The number of benzene rings is 1. The molecule has 2 aromatic rings. The van der Waals surface area contributed by atoms with Crippen molar-refractivity contribution in [3.05, 3.63) is 53.6 Å². The van der Waals surface area contributed by atoms with Gasteiger partial charge in [-0.15, -0.1) is 0 Å². The zero-order chi connectivity index (χ0) is 20.3. The monoisotopic (exact) mass is 389 g/mol. The van der Waals surface area contributed by atoms with E-state index in [1.165, 1.54) is 23.1 Å². The van der Waals surface area contributed by atoms with E-state index >= 15 is 0 Å². The Hall–Kier alpha value is -2.74. The third-order valence-corrected chi connectivity index (χ3v) is 5.30. The number of carboxylic acid groups (broad SMARTS) is 1. The second kappa shape index (κ2) is 8.10. The maximum Gasteiger partial charge on any atom is 0.314 e. The molecule has 1 aliphatic heterocycles. The van der Waals surface area contributed by atoms with Gasteiger partial charge in [-0.3, -0.25) is 14.3 Å². The normalized spacial score (nSPS) is 22.2. The van der Waals surface area contributed by atoms with Gasteiger partial charge in [-0.05, 0) is 43.5 Å². The molecule has 2 N–H and O–H groups in total. The van der Waals surface area contributed by atoms with Crippen LogP contribution in [0, 0.1) is 18.2 Å². The average Bonchev–Trinajstić information content (AvgIpc) is 3.06. The van der Waals surface area contributed by atoms with Crippen LogP contribution in [-0.2, 0) is 22.6 Å². The Bertz CT molecular complexity index is 869. The van der Waals surface area contributed by atoms with E-state index in [1.54, 1.807) is 16.9 Å². The molecule has 7 nitrogen and oxygen atoms in total. The van der Waals surface area contributed by atoms with Gasteiger partial charge in [0.05, 0.1) is 11.8 Å². The van der Waals surface area contributed by atoms with E-state index in [-0.39, 0.29) is 38.3 Å². The summed E-state index contributed by atoms with van der Waals surface area (Å²) in [6.45, 7) is 2.43. The number of halogens is 1. The minimum Gasteiger partial charge on any atom is -0.481 e. The molecule has 3 rings (SSSR count). The molecule has 0 aliphatic carbocycles. The molecule has 1 amide bonds. The Morgan fingerprint density at radius 3 is 2.79 bits per heavy atom. The van der Waals surface area contributed by atoms with Crippen LogP contribution in [0.25, 0.3) is 0 Å². The number of carbonyl (C=O) groups is 2. The largest absolute Gasteiger partial charge is 0.481 e. The number of likely N-dealkylation sites (tertiary alicyclic amines) is 1. The lowest BCUT2D eigenvalue weighted by atomic mass is 9.72. The zero-order valence-electron chi connectivity index (χ0n) is 15.7. The van der Waals surface area contributed by atoms with Crippen molar-refractivity contribution in [1.29, 1.82) is 0 Å². The topological polar surface area (TPSA) is 95.7 Å². The standard InChI is InChI=1S/C20H24FN3O4/c1-14-5-9-24(22-14)10-7-18(26)23-8-6-17(25)20(13-23,19(27)28)12-15-3-2-4-16(21)11-15/h2-5,9,11,17,25H,6-8,10,12-13H2,1H3,(H,27,28)/t17-,20+/m0/s1. The lowest BCUT2D eigenvalue weighted by molar-refractivity contribution is -0.165. The van der Waals surface area contributed by atoms with E-state index in [1.807, 2.05) is 13.0 Å². The number of aliphatic carboxylic acids is 1. The summed E-state index contributed by atoms with van der Waals surface area (Å²) in [6.07, 6.45) is 0.963. The smallest absolute Gasteiger partial charge is 0.314 e. The maximum absolute atomic E-state index is 13.5. The third-order valence-electron chi connectivity index (χ3n) is 5.30. The molecule has 2 heterocycles. The predicted octanol–water partition coefficient (Wildman–Crippen LogP) is 1.63. The summed E-state index contributed by atoms with van der Waals surface area (Å²) in [5.74, 6) is -1.85. The van der Waals surface area contributed by atoms with Crippen LogP contribution in [0.1, 0.15) is 24.1 Å². The van der Waals surface area contributed by atoms with Crippen molar-refractivity contribution in [2.24, 2.45) is 5.41 Å². The molecular formula is C20H24FN3O4. The minimum atomic E-state index is -1.57. The van der Waals surface area contributed by atoms with Crippen LogP contribution < -0.4 is 0 Å². The number of hydrogen-bond acceptors (Lipinski definition) is 4. The zero-order valence-corrected chi connectivity index (χ0v) is 15.7. The predicted molar refractivity (Wildman–Crippen MR) is 99.0 cm³/mol. The fraction of sp³-hybridized carbons (Fsp3) is 0.450. The summed E-state index contributed by atoms with van der Waals surface area (Å²) < 4.78 is 15.2. The molecule has 0 unspecified atom stereocenters. The van der Waals surface area contributed by atoms with Gasteiger partial charge in [-0.25, -0.2) is 4.39 Å². The number of aliphatic hydroxyl groups excluding tert-OH is 1. The Kier molecular flexibility index (Phi) is 5.79. The number of nitrogens with zero attached hydrogens (tertiary/aromatic N) is 3. The minimum absolute atomic E-state index is 0.0522. The van der Waals surface area contributed by atoms with Gasteiger partial charge in [0.2, 0.25) is 5.91 Å². The van der Waals surface area contributed by atoms with Gasteiger partial charge < -0.3 is 15.1 Å². The summed E-state index contributed by atoms with van der Waals surface area (Å²) in [4.78, 5) is 26.3. The Balaban J connectivity index is 1.74. The summed E-state index contributed by atoms with van der Waals surface area (Å²) in [5.41, 5.74) is -0.236. The van der Waals surface area contributed by atoms with Crippen LogP contribution in [0.2, 0.25) is 0 Å². The van der Waals surface area contributed by atoms with Crippen molar-refractivity contribution in [3.8, 4) is 0 Å². The summed E-state index contributed by atoms with van der Waals surface area (Å²) >= 11 is 0. The SMILES string of the molecule is Cc1ccn(CCC(=O)N2CC[C@H](O)[C@](Cc3cccc(F)c3)(C(=O)O)C2)n1. The highest BCUT2D eigenvalue weighted by molar-refractivity contribution is 5.80. The van der Waals surface area contributed by atoms with Crippen molar-refractivity contribution < 1.29 is 24.2 Å². The van der Waals surface area contributed by atoms with E-state index in [4.69, 9.17) is 0 Å². The molecule has 1 fully saturated rings. The van der Waals surface area contributed by atoms with Gasteiger partial charge in [0.25, 0.3) is 0 Å². The van der Waals surface area contributed by atoms with E-state index in [0.717, 1.165) is 5.69 Å². The molecule has 150 valence electrons. The molecular weight excluding hydrogens is 365 g/mol. The lowest BCUT2D eigenvalue weighted by Gasteiger charge is -2.43. The van der Waals surface area contributed by atoms with Gasteiger partial charge in [0, 0.05) is 32.3 Å². The first-order chi connectivity index (χ1) is 13.3. The molecule has 0 saturated carbocycles. The van der Waals surface area contributed by atoms with Gasteiger partial charge in [0.15, 0.2) is 0 Å². The molecule has 0 radical (unpaired) electrons. The van der Waals surface area contributed by atoms with Crippen LogP contribution in [0.15, 0.2) is 36.5 Å². The van der Waals surface area contributed by atoms with Crippen molar-refractivity contribution in [2.75, 3.05) is 13.1 Å². The second-order valence-corrected chi connectivity index (χ2v) is 7.36. The first-order valence-corrected chi connectivity index (χ1v) is 9.24. The molecule has 8 heteroatoms. The number of carbonyl (C=O) groups excluding carboxylic acids is 1. The van der Waals surface area contributed by atoms with Crippen LogP contribution in [-0.4, -0.2) is 56.0 Å². The molecule has 0 bridgehead atoms. The number of aliphatic hydroxyl groups is 1. The molecule has 1 saturated heterocycles. The Morgan fingerprint density at radius 1 is 1.36 bits per heavy atom. The van der Waals surface area contributed by atoms with Gasteiger partial charge in [-0.1, -0.05) is 12.1 Å². The number of carboxylic acids is 1. The summed E-state index contributed by atoms with van der Waals surface area (Å²) in [6, 6.07) is 7.52. The van der Waals surface area contributed by atoms with E-state index in [2.05, 4.69) is 5.10 Å². The quantitative estimate of drug-likeness (QED) is 0.783. The number of aryl methyl sites for hydroxylation is 2. The highest BCUT2D eigenvalue weighted by Crippen LogP contribution is 2.35. The lowest BCUT2D eigenvalue weighted by Crippen LogP contribution is -2.58. The third kappa shape index (κ3) is 4.22. The molecule has 28 heavy (non-hydrogen) atoms. The van der Waals surface area contributed by atoms with Gasteiger partial charge >= 0.3 is 5.97 Å². The fourth-order valence-electron chi connectivity index (χ4n) is 3.72. The average molecular weight is 389 g/mol. The number of piperidine rings is 1. The molecule has 1 aromatic heterocycles. The number of hydrogen-bond donors (Lipinski definition) is 2. The number of aromatic nitrogens is 2.